The van der Waals surface area contributed by atoms with E-state index in [1.165, 1.54) is 24.2 Å². The molecule has 0 aliphatic carbocycles. The highest BCUT2D eigenvalue weighted by Crippen LogP contribution is 2.24. The third-order valence-corrected chi connectivity index (χ3v) is 5.63. The Morgan fingerprint density at radius 3 is 2.67 bits per heavy atom. The van der Waals surface area contributed by atoms with Gasteiger partial charge in [0.25, 0.3) is 5.91 Å². The van der Waals surface area contributed by atoms with Gasteiger partial charge in [0.05, 0.1) is 11.3 Å². The molecule has 2 aromatic heterocycles. The van der Waals surface area contributed by atoms with Crippen molar-refractivity contribution in [2.75, 3.05) is 18.4 Å². The molecule has 24 heavy (non-hydrogen) atoms. The van der Waals surface area contributed by atoms with Crippen molar-refractivity contribution in [2.24, 2.45) is 5.92 Å². The number of hydrogen-bond donors (Lipinski definition) is 1. The predicted octanol–water partition coefficient (Wildman–Crippen LogP) is 4.15. The molecule has 6 heteroatoms. The lowest BCUT2D eigenvalue weighted by Crippen LogP contribution is -2.32. The minimum absolute atomic E-state index is 0.144. The molecule has 1 fully saturated rings. The van der Waals surface area contributed by atoms with Crippen molar-refractivity contribution in [1.29, 1.82) is 0 Å². The number of carbonyl (C=O) groups excluding carboxylic acids is 1. The van der Waals surface area contributed by atoms with Gasteiger partial charge in [-0.3, -0.25) is 15.0 Å². The van der Waals surface area contributed by atoms with Crippen LogP contribution < -0.4 is 5.32 Å². The number of amides is 1. The van der Waals surface area contributed by atoms with Gasteiger partial charge in [-0.15, -0.1) is 11.3 Å². The van der Waals surface area contributed by atoms with Crippen molar-refractivity contribution in [3.8, 4) is 0 Å². The molecule has 1 saturated heterocycles. The van der Waals surface area contributed by atoms with E-state index >= 15 is 0 Å². The summed E-state index contributed by atoms with van der Waals surface area (Å²) in [6, 6.07) is 0. The van der Waals surface area contributed by atoms with Crippen molar-refractivity contribution >= 4 is 22.4 Å². The van der Waals surface area contributed by atoms with Gasteiger partial charge in [0.15, 0.2) is 5.13 Å². The predicted molar refractivity (Wildman–Crippen MR) is 96.7 cm³/mol. The highest BCUT2D eigenvalue weighted by molar-refractivity contribution is 7.14. The first-order chi connectivity index (χ1) is 11.4. The van der Waals surface area contributed by atoms with E-state index in [-0.39, 0.29) is 5.91 Å². The van der Waals surface area contributed by atoms with E-state index in [0.717, 1.165) is 42.6 Å². The molecule has 0 radical (unpaired) electrons. The van der Waals surface area contributed by atoms with Crippen LogP contribution in [0.2, 0.25) is 0 Å². The van der Waals surface area contributed by atoms with Crippen LogP contribution in [0.25, 0.3) is 0 Å². The van der Waals surface area contributed by atoms with Crippen LogP contribution in [0, 0.1) is 26.7 Å². The number of aryl methyl sites for hydroxylation is 2. The third kappa shape index (κ3) is 3.70. The minimum atomic E-state index is -0.144. The number of anilines is 1. The van der Waals surface area contributed by atoms with Gasteiger partial charge in [-0.25, -0.2) is 4.98 Å². The first-order valence-corrected chi connectivity index (χ1v) is 9.36. The molecule has 2 aromatic rings. The van der Waals surface area contributed by atoms with Gasteiger partial charge in [-0.1, -0.05) is 6.92 Å². The maximum atomic E-state index is 12.5. The Bertz CT molecular complexity index is 727. The number of nitrogens with one attached hydrogen (secondary N) is 1. The molecule has 0 unspecified atom stereocenters. The van der Waals surface area contributed by atoms with Crippen LogP contribution in [0.1, 0.15) is 52.9 Å². The summed E-state index contributed by atoms with van der Waals surface area (Å²) >= 11 is 1.48. The first-order valence-electron chi connectivity index (χ1n) is 8.48. The number of furan rings is 1. The van der Waals surface area contributed by atoms with Crippen molar-refractivity contribution in [2.45, 2.75) is 47.1 Å². The second-order valence-electron chi connectivity index (χ2n) is 6.77. The van der Waals surface area contributed by atoms with Gasteiger partial charge in [0.2, 0.25) is 0 Å². The fraction of sp³-hybridized carbons (Fsp3) is 0.556. The van der Waals surface area contributed by atoms with Crippen LogP contribution in [-0.2, 0) is 6.54 Å². The van der Waals surface area contributed by atoms with E-state index in [1.807, 2.05) is 26.2 Å². The summed E-state index contributed by atoms with van der Waals surface area (Å²) in [7, 11) is 0. The standard InChI is InChI=1S/C18H25N3O2S/c1-11-5-7-21(8-6-11)9-15-10-24-18(19-15)20-17(22)16-12(2)13(3)23-14(16)4/h10-11H,5-9H2,1-4H3,(H,19,20,22). The minimum Gasteiger partial charge on any atom is -0.466 e. The van der Waals surface area contributed by atoms with Crippen molar-refractivity contribution < 1.29 is 9.21 Å². The van der Waals surface area contributed by atoms with Crippen molar-refractivity contribution in [3.63, 3.8) is 0 Å². The average Bonchev–Trinajstić information content (AvgIpc) is 3.06. The van der Waals surface area contributed by atoms with Gasteiger partial charge in [-0.05, 0) is 52.6 Å². The van der Waals surface area contributed by atoms with Crippen LogP contribution in [-0.4, -0.2) is 28.9 Å². The molecule has 1 aliphatic heterocycles. The Kier molecular flexibility index (Phi) is 5.06. The Morgan fingerprint density at radius 2 is 2.04 bits per heavy atom. The van der Waals surface area contributed by atoms with Crippen molar-refractivity contribution in [1.82, 2.24) is 9.88 Å². The smallest absolute Gasteiger partial charge is 0.261 e. The van der Waals surface area contributed by atoms with Gasteiger partial charge in [0.1, 0.15) is 11.5 Å². The summed E-state index contributed by atoms with van der Waals surface area (Å²) < 4.78 is 5.53. The van der Waals surface area contributed by atoms with Crippen molar-refractivity contribution in [3.05, 3.63) is 33.7 Å². The lowest BCUT2D eigenvalue weighted by molar-refractivity contribution is 0.102. The number of hydrogen-bond acceptors (Lipinski definition) is 5. The Balaban J connectivity index is 1.62. The molecule has 0 bridgehead atoms. The highest BCUT2D eigenvalue weighted by atomic mass is 32.1. The molecular formula is C18H25N3O2S. The topological polar surface area (TPSA) is 58.4 Å². The zero-order chi connectivity index (χ0) is 17.3. The number of aromatic nitrogens is 1. The van der Waals surface area contributed by atoms with Crippen LogP contribution in [0.5, 0.6) is 0 Å². The summed E-state index contributed by atoms with van der Waals surface area (Å²) in [6.45, 7) is 11.0. The quantitative estimate of drug-likeness (QED) is 0.903. The third-order valence-electron chi connectivity index (χ3n) is 4.82. The fourth-order valence-electron chi connectivity index (χ4n) is 3.17. The maximum Gasteiger partial charge on any atom is 0.261 e. The second kappa shape index (κ2) is 7.07. The SMILES string of the molecule is Cc1oc(C)c(C(=O)Nc2nc(CN3CCC(C)CC3)cs2)c1C. The van der Waals surface area contributed by atoms with Crippen LogP contribution in [0.4, 0.5) is 5.13 Å². The molecule has 0 atom stereocenters. The maximum absolute atomic E-state index is 12.5. The van der Waals surface area contributed by atoms with E-state index in [0.29, 0.717) is 16.5 Å². The lowest BCUT2D eigenvalue weighted by Gasteiger charge is -2.29. The molecule has 3 heterocycles. The van der Waals surface area contributed by atoms with Crippen LogP contribution >= 0.6 is 11.3 Å². The Hall–Kier alpha value is -1.66. The molecule has 1 amide bonds. The van der Waals surface area contributed by atoms with E-state index in [2.05, 4.69) is 22.1 Å². The first kappa shape index (κ1) is 17.2. The number of thiazole rings is 1. The number of likely N-dealkylation sites (tertiary alicyclic amines) is 1. The fourth-order valence-corrected chi connectivity index (χ4v) is 3.87. The van der Waals surface area contributed by atoms with E-state index in [9.17, 15) is 4.79 Å². The second-order valence-corrected chi connectivity index (χ2v) is 7.63. The van der Waals surface area contributed by atoms with E-state index in [1.54, 1.807) is 0 Å². The molecule has 0 aromatic carbocycles. The number of carbonyl (C=O) groups is 1. The largest absolute Gasteiger partial charge is 0.466 e. The van der Waals surface area contributed by atoms with Gasteiger partial charge >= 0.3 is 0 Å². The van der Waals surface area contributed by atoms with Gasteiger partial charge < -0.3 is 4.42 Å². The highest BCUT2D eigenvalue weighted by Gasteiger charge is 2.20. The van der Waals surface area contributed by atoms with Crippen LogP contribution in [0.15, 0.2) is 9.80 Å². The Morgan fingerprint density at radius 1 is 1.33 bits per heavy atom. The summed E-state index contributed by atoms with van der Waals surface area (Å²) in [6.07, 6.45) is 2.51. The number of nitrogens with zero attached hydrogens (tertiary/aromatic N) is 2. The molecule has 0 saturated carbocycles. The lowest BCUT2D eigenvalue weighted by atomic mass is 9.99. The summed E-state index contributed by atoms with van der Waals surface area (Å²) in [4.78, 5) is 19.5. The molecule has 1 aliphatic rings. The van der Waals surface area contributed by atoms with E-state index < -0.39 is 0 Å². The summed E-state index contributed by atoms with van der Waals surface area (Å²) in [5.74, 6) is 2.13. The molecule has 130 valence electrons. The zero-order valence-corrected chi connectivity index (χ0v) is 15.6. The molecule has 1 N–H and O–H groups in total. The average molecular weight is 347 g/mol. The number of piperidine rings is 1. The molecular weight excluding hydrogens is 322 g/mol. The molecule has 5 nitrogen and oxygen atoms in total. The summed E-state index contributed by atoms with van der Waals surface area (Å²) in [5.41, 5.74) is 2.54. The number of rotatable bonds is 4. The van der Waals surface area contributed by atoms with Crippen LogP contribution in [0.3, 0.4) is 0 Å². The zero-order valence-electron chi connectivity index (χ0n) is 14.8. The monoisotopic (exact) mass is 347 g/mol. The molecule has 3 rings (SSSR count). The van der Waals surface area contributed by atoms with E-state index in [4.69, 9.17) is 4.42 Å². The summed E-state index contributed by atoms with van der Waals surface area (Å²) in [5, 5.41) is 5.59. The van der Waals surface area contributed by atoms with Gasteiger partial charge in [0, 0.05) is 17.5 Å². The normalized spacial score (nSPS) is 16.5. The van der Waals surface area contributed by atoms with Gasteiger partial charge in [-0.2, -0.15) is 0 Å². The molecule has 0 spiro atoms. The Labute approximate surface area is 147 Å².